The highest BCUT2D eigenvalue weighted by Crippen LogP contribution is 2.22. The summed E-state index contributed by atoms with van der Waals surface area (Å²) >= 11 is 0. The fourth-order valence-corrected chi connectivity index (χ4v) is 1.61. The second-order valence-corrected chi connectivity index (χ2v) is 3.19. The molecule has 0 aliphatic rings. The van der Waals surface area contributed by atoms with Crippen molar-refractivity contribution < 1.29 is 9.18 Å². The van der Waals surface area contributed by atoms with Crippen LogP contribution in [0.2, 0.25) is 0 Å². The van der Waals surface area contributed by atoms with Gasteiger partial charge in [-0.05, 0) is 13.0 Å². The van der Waals surface area contributed by atoms with Crippen LogP contribution in [0, 0.1) is 12.7 Å². The Morgan fingerprint density at radius 2 is 2.21 bits per heavy atom. The van der Waals surface area contributed by atoms with Gasteiger partial charge in [0.2, 0.25) is 0 Å². The number of carbonyl (C=O) groups is 1. The van der Waals surface area contributed by atoms with E-state index in [0.717, 1.165) is 11.1 Å². The van der Waals surface area contributed by atoms with Crippen LogP contribution in [0.3, 0.4) is 0 Å². The standard InChI is InChI=1S/C10H9FN2O/c1-6-8-4-3-7(5-14)9(11)10(8)13(2)12-6/h3-5H,1-2H3. The van der Waals surface area contributed by atoms with Gasteiger partial charge in [-0.2, -0.15) is 5.10 Å². The zero-order chi connectivity index (χ0) is 10.3. The molecular formula is C10H9FN2O. The van der Waals surface area contributed by atoms with Gasteiger partial charge in [0.25, 0.3) is 0 Å². The van der Waals surface area contributed by atoms with Gasteiger partial charge >= 0.3 is 0 Å². The molecule has 2 aromatic rings. The largest absolute Gasteiger partial charge is 0.298 e. The number of halogens is 1. The summed E-state index contributed by atoms with van der Waals surface area (Å²) in [6, 6.07) is 3.18. The van der Waals surface area contributed by atoms with Crippen LogP contribution >= 0.6 is 0 Å². The maximum Gasteiger partial charge on any atom is 0.159 e. The Bertz CT molecular complexity index is 516. The number of fused-ring (bicyclic) bond motifs is 1. The highest BCUT2D eigenvalue weighted by atomic mass is 19.1. The van der Waals surface area contributed by atoms with E-state index in [1.165, 1.54) is 10.7 Å². The van der Waals surface area contributed by atoms with Crippen LogP contribution in [0.15, 0.2) is 12.1 Å². The lowest BCUT2D eigenvalue weighted by molar-refractivity contribution is 0.112. The molecule has 0 bridgehead atoms. The van der Waals surface area contributed by atoms with Crippen LogP contribution in [-0.4, -0.2) is 16.1 Å². The number of carbonyl (C=O) groups excluding carboxylic acids is 1. The smallest absolute Gasteiger partial charge is 0.159 e. The molecule has 0 fully saturated rings. The van der Waals surface area contributed by atoms with Crippen molar-refractivity contribution in [2.45, 2.75) is 6.92 Å². The molecule has 0 N–H and O–H groups in total. The summed E-state index contributed by atoms with van der Waals surface area (Å²) in [6.45, 7) is 1.81. The van der Waals surface area contributed by atoms with E-state index in [2.05, 4.69) is 5.10 Å². The zero-order valence-electron chi connectivity index (χ0n) is 7.91. The quantitative estimate of drug-likeness (QED) is 0.646. The second kappa shape index (κ2) is 2.90. The van der Waals surface area contributed by atoms with E-state index in [1.54, 1.807) is 13.1 Å². The number of aldehydes is 1. The molecule has 72 valence electrons. The van der Waals surface area contributed by atoms with Crippen molar-refractivity contribution in [1.29, 1.82) is 0 Å². The Kier molecular flexibility index (Phi) is 1.84. The van der Waals surface area contributed by atoms with Gasteiger partial charge in [0.05, 0.1) is 11.3 Å². The summed E-state index contributed by atoms with van der Waals surface area (Å²) in [5.74, 6) is -0.499. The Hall–Kier alpha value is -1.71. The molecule has 0 saturated heterocycles. The first-order valence-electron chi connectivity index (χ1n) is 4.22. The molecule has 1 aromatic heterocycles. The molecule has 0 unspecified atom stereocenters. The van der Waals surface area contributed by atoms with Gasteiger partial charge in [0, 0.05) is 12.4 Å². The van der Waals surface area contributed by atoms with Crippen LogP contribution in [0.5, 0.6) is 0 Å². The Morgan fingerprint density at radius 1 is 1.50 bits per heavy atom. The average molecular weight is 192 g/mol. The first-order valence-corrected chi connectivity index (χ1v) is 4.22. The Balaban J connectivity index is 2.94. The van der Waals surface area contributed by atoms with Gasteiger partial charge in [-0.15, -0.1) is 0 Å². The summed E-state index contributed by atoms with van der Waals surface area (Å²) in [4.78, 5) is 10.5. The topological polar surface area (TPSA) is 34.9 Å². The van der Waals surface area contributed by atoms with E-state index in [0.29, 0.717) is 11.8 Å². The molecule has 0 aliphatic heterocycles. The molecule has 14 heavy (non-hydrogen) atoms. The minimum Gasteiger partial charge on any atom is -0.298 e. The molecule has 0 radical (unpaired) electrons. The minimum absolute atomic E-state index is 0.0699. The fraction of sp³-hybridized carbons (Fsp3) is 0.200. The van der Waals surface area contributed by atoms with Crippen molar-refractivity contribution in [3.05, 3.63) is 29.2 Å². The van der Waals surface area contributed by atoms with Crippen LogP contribution < -0.4 is 0 Å². The number of rotatable bonds is 1. The van der Waals surface area contributed by atoms with Crippen molar-refractivity contribution in [3.8, 4) is 0 Å². The molecule has 0 atom stereocenters. The van der Waals surface area contributed by atoms with Crippen molar-refractivity contribution in [2.75, 3.05) is 0 Å². The van der Waals surface area contributed by atoms with Crippen LogP contribution in [0.25, 0.3) is 10.9 Å². The summed E-state index contributed by atoms with van der Waals surface area (Å²) in [5.41, 5.74) is 1.21. The van der Waals surface area contributed by atoms with Crippen molar-refractivity contribution >= 4 is 17.2 Å². The second-order valence-electron chi connectivity index (χ2n) is 3.19. The maximum absolute atomic E-state index is 13.7. The fourth-order valence-electron chi connectivity index (χ4n) is 1.61. The third kappa shape index (κ3) is 1.04. The van der Waals surface area contributed by atoms with E-state index < -0.39 is 5.82 Å². The van der Waals surface area contributed by atoms with Gasteiger partial charge in [-0.3, -0.25) is 9.48 Å². The molecular weight excluding hydrogens is 183 g/mol. The van der Waals surface area contributed by atoms with E-state index in [-0.39, 0.29) is 5.56 Å². The third-order valence-electron chi connectivity index (χ3n) is 2.29. The number of hydrogen-bond acceptors (Lipinski definition) is 2. The SMILES string of the molecule is Cc1nn(C)c2c(F)c(C=O)ccc12. The highest BCUT2D eigenvalue weighted by Gasteiger charge is 2.12. The Morgan fingerprint density at radius 3 is 2.86 bits per heavy atom. The number of aromatic nitrogens is 2. The predicted molar refractivity (Wildman–Crippen MR) is 50.8 cm³/mol. The minimum atomic E-state index is -0.499. The van der Waals surface area contributed by atoms with E-state index in [9.17, 15) is 9.18 Å². The van der Waals surface area contributed by atoms with Gasteiger partial charge in [-0.1, -0.05) is 6.07 Å². The van der Waals surface area contributed by atoms with Gasteiger partial charge in [0.1, 0.15) is 5.52 Å². The van der Waals surface area contributed by atoms with Crippen molar-refractivity contribution in [1.82, 2.24) is 9.78 Å². The average Bonchev–Trinajstić information content (AvgIpc) is 2.44. The van der Waals surface area contributed by atoms with E-state index >= 15 is 0 Å². The first-order chi connectivity index (χ1) is 6.65. The van der Waals surface area contributed by atoms with Gasteiger partial charge < -0.3 is 0 Å². The molecule has 1 heterocycles. The first kappa shape index (κ1) is 8.87. The third-order valence-corrected chi connectivity index (χ3v) is 2.29. The summed E-state index contributed by atoms with van der Waals surface area (Å²) in [7, 11) is 1.66. The molecule has 3 nitrogen and oxygen atoms in total. The summed E-state index contributed by atoms with van der Waals surface area (Å²) in [5, 5.41) is 4.83. The Labute approximate surface area is 80.1 Å². The molecule has 0 aliphatic carbocycles. The maximum atomic E-state index is 13.7. The highest BCUT2D eigenvalue weighted by molar-refractivity contribution is 5.89. The molecule has 0 saturated carbocycles. The van der Waals surface area contributed by atoms with E-state index in [4.69, 9.17) is 0 Å². The molecule has 1 aromatic carbocycles. The summed E-state index contributed by atoms with van der Waals surface area (Å²) < 4.78 is 15.1. The normalized spacial score (nSPS) is 10.8. The van der Waals surface area contributed by atoms with Crippen LogP contribution in [0.1, 0.15) is 16.1 Å². The lowest BCUT2D eigenvalue weighted by atomic mass is 10.1. The number of nitrogens with zero attached hydrogens (tertiary/aromatic N) is 2. The van der Waals surface area contributed by atoms with Crippen LogP contribution in [0.4, 0.5) is 4.39 Å². The lowest BCUT2D eigenvalue weighted by Crippen LogP contribution is -1.95. The van der Waals surface area contributed by atoms with Crippen LogP contribution in [-0.2, 0) is 7.05 Å². The predicted octanol–water partition coefficient (Wildman–Crippen LogP) is 1.83. The number of hydrogen-bond donors (Lipinski definition) is 0. The molecule has 0 spiro atoms. The van der Waals surface area contributed by atoms with E-state index in [1.807, 2.05) is 6.92 Å². The number of aryl methyl sites for hydroxylation is 2. The van der Waals surface area contributed by atoms with Gasteiger partial charge in [0.15, 0.2) is 12.1 Å². The lowest BCUT2D eigenvalue weighted by Gasteiger charge is -1.98. The molecule has 4 heteroatoms. The van der Waals surface area contributed by atoms with Crippen molar-refractivity contribution in [3.63, 3.8) is 0 Å². The molecule has 2 rings (SSSR count). The zero-order valence-corrected chi connectivity index (χ0v) is 7.91. The molecule has 0 amide bonds. The monoisotopic (exact) mass is 192 g/mol. The number of benzene rings is 1. The van der Waals surface area contributed by atoms with Gasteiger partial charge in [-0.25, -0.2) is 4.39 Å². The van der Waals surface area contributed by atoms with Crippen molar-refractivity contribution in [2.24, 2.45) is 7.05 Å². The summed E-state index contributed by atoms with van der Waals surface area (Å²) in [6.07, 6.45) is 0.511.